The van der Waals surface area contributed by atoms with E-state index >= 15 is 0 Å². The van der Waals surface area contributed by atoms with Gasteiger partial charge < -0.3 is 15.8 Å². The molecule has 1 amide bonds. The molecule has 0 saturated carbocycles. The summed E-state index contributed by atoms with van der Waals surface area (Å²) in [6.45, 7) is 8.57. The van der Waals surface area contributed by atoms with Crippen LogP contribution in [0, 0.1) is 6.92 Å². The third-order valence-electron chi connectivity index (χ3n) is 3.80. The molecular formula is C16H25N3O2. The molecular weight excluding hydrogens is 266 g/mol. The summed E-state index contributed by atoms with van der Waals surface area (Å²) in [5, 5.41) is 2.94. The van der Waals surface area contributed by atoms with Gasteiger partial charge in [-0.2, -0.15) is 0 Å². The Morgan fingerprint density at radius 2 is 2.05 bits per heavy atom. The third-order valence-corrected chi connectivity index (χ3v) is 3.80. The predicted molar refractivity (Wildman–Crippen MR) is 85.3 cm³/mol. The fraction of sp³-hybridized carbons (Fsp3) is 0.562. The van der Waals surface area contributed by atoms with Gasteiger partial charge in [-0.3, -0.25) is 9.69 Å². The van der Waals surface area contributed by atoms with Crippen LogP contribution in [-0.4, -0.2) is 42.6 Å². The topological polar surface area (TPSA) is 67.6 Å². The average molecular weight is 291 g/mol. The van der Waals surface area contributed by atoms with Crippen molar-refractivity contribution in [2.75, 3.05) is 30.7 Å². The highest BCUT2D eigenvalue weighted by Gasteiger charge is 2.22. The summed E-state index contributed by atoms with van der Waals surface area (Å²) in [5.74, 6) is 0.0236. The molecule has 5 nitrogen and oxygen atoms in total. The second-order valence-corrected chi connectivity index (χ2v) is 5.83. The molecule has 1 aliphatic heterocycles. The first kappa shape index (κ1) is 15.8. The Morgan fingerprint density at radius 3 is 2.71 bits per heavy atom. The first-order valence-electron chi connectivity index (χ1n) is 7.48. The molecule has 0 bridgehead atoms. The lowest BCUT2D eigenvalue weighted by atomic mass is 10.1. The normalized spacial score (nSPS) is 23.0. The van der Waals surface area contributed by atoms with E-state index in [4.69, 9.17) is 10.5 Å². The Labute approximate surface area is 126 Å². The van der Waals surface area contributed by atoms with Crippen LogP contribution in [-0.2, 0) is 9.53 Å². The minimum Gasteiger partial charge on any atom is -0.398 e. The molecule has 0 spiro atoms. The molecule has 1 aromatic carbocycles. The molecule has 2 atom stereocenters. The van der Waals surface area contributed by atoms with Crippen molar-refractivity contribution < 1.29 is 9.53 Å². The maximum absolute atomic E-state index is 12.1. The zero-order chi connectivity index (χ0) is 15.4. The number of anilines is 2. The number of nitrogens with one attached hydrogen (secondary N) is 1. The monoisotopic (exact) mass is 291 g/mol. The van der Waals surface area contributed by atoms with Gasteiger partial charge in [-0.05, 0) is 38.5 Å². The maximum atomic E-state index is 12.1. The smallest absolute Gasteiger partial charge is 0.225 e. The van der Waals surface area contributed by atoms with Gasteiger partial charge in [0, 0.05) is 37.4 Å². The molecule has 116 valence electrons. The summed E-state index contributed by atoms with van der Waals surface area (Å²) in [6, 6.07) is 5.56. The lowest BCUT2D eigenvalue weighted by molar-refractivity contribution is -0.117. The van der Waals surface area contributed by atoms with Gasteiger partial charge in [-0.1, -0.05) is 6.07 Å². The summed E-state index contributed by atoms with van der Waals surface area (Å²) in [7, 11) is 0. The summed E-state index contributed by atoms with van der Waals surface area (Å²) in [5.41, 5.74) is 8.25. The molecule has 21 heavy (non-hydrogen) atoms. The first-order chi connectivity index (χ1) is 9.95. The number of hydrogen-bond donors (Lipinski definition) is 2. The SMILES string of the molecule is Cc1c(N)cccc1NC(=O)CCN1C[C@@H](C)O[C@@H](C)C1. The number of amides is 1. The minimum absolute atomic E-state index is 0.0236. The van der Waals surface area contributed by atoms with E-state index in [1.54, 1.807) is 0 Å². The number of rotatable bonds is 4. The number of carbonyl (C=O) groups is 1. The van der Waals surface area contributed by atoms with Crippen molar-refractivity contribution in [1.82, 2.24) is 4.90 Å². The molecule has 0 aromatic heterocycles. The van der Waals surface area contributed by atoms with Gasteiger partial charge in [0.1, 0.15) is 0 Å². The maximum Gasteiger partial charge on any atom is 0.225 e. The van der Waals surface area contributed by atoms with Crippen molar-refractivity contribution in [1.29, 1.82) is 0 Å². The minimum atomic E-state index is 0.0236. The second kappa shape index (κ2) is 6.91. The highest BCUT2D eigenvalue weighted by molar-refractivity contribution is 5.92. The van der Waals surface area contributed by atoms with Crippen LogP contribution in [0.25, 0.3) is 0 Å². The first-order valence-corrected chi connectivity index (χ1v) is 7.48. The molecule has 1 saturated heterocycles. The Hall–Kier alpha value is -1.59. The Morgan fingerprint density at radius 1 is 1.38 bits per heavy atom. The highest BCUT2D eigenvalue weighted by atomic mass is 16.5. The van der Waals surface area contributed by atoms with Crippen LogP contribution in [0.1, 0.15) is 25.8 Å². The molecule has 1 aliphatic rings. The van der Waals surface area contributed by atoms with Crippen LogP contribution in [0.4, 0.5) is 11.4 Å². The van der Waals surface area contributed by atoms with Crippen LogP contribution in [0.3, 0.4) is 0 Å². The van der Waals surface area contributed by atoms with Gasteiger partial charge in [0.05, 0.1) is 12.2 Å². The summed E-state index contributed by atoms with van der Waals surface area (Å²) < 4.78 is 5.69. The van der Waals surface area contributed by atoms with Crippen LogP contribution in [0.15, 0.2) is 18.2 Å². The van der Waals surface area contributed by atoms with Gasteiger partial charge in [-0.25, -0.2) is 0 Å². The molecule has 1 aromatic rings. The number of carbonyl (C=O) groups excluding carboxylic acids is 1. The van der Waals surface area contributed by atoms with E-state index in [1.807, 2.05) is 25.1 Å². The molecule has 2 rings (SSSR count). The van der Waals surface area contributed by atoms with Crippen LogP contribution in [0.5, 0.6) is 0 Å². The van der Waals surface area contributed by atoms with Crippen molar-refractivity contribution in [3.8, 4) is 0 Å². The predicted octanol–water partition coefficient (Wildman–Crippen LogP) is 2.02. The van der Waals surface area contributed by atoms with Gasteiger partial charge in [-0.15, -0.1) is 0 Å². The van der Waals surface area contributed by atoms with Gasteiger partial charge in [0.15, 0.2) is 0 Å². The van der Waals surface area contributed by atoms with Gasteiger partial charge >= 0.3 is 0 Å². The fourth-order valence-electron chi connectivity index (χ4n) is 2.73. The van der Waals surface area contributed by atoms with Crippen molar-refractivity contribution >= 4 is 17.3 Å². The molecule has 3 N–H and O–H groups in total. The van der Waals surface area contributed by atoms with Gasteiger partial charge in [0.25, 0.3) is 0 Å². The quantitative estimate of drug-likeness (QED) is 0.833. The van der Waals surface area contributed by atoms with E-state index in [9.17, 15) is 4.79 Å². The van der Waals surface area contributed by atoms with Crippen molar-refractivity contribution in [2.24, 2.45) is 0 Å². The molecule has 1 heterocycles. The van der Waals surface area contributed by atoms with E-state index in [1.165, 1.54) is 0 Å². The lowest BCUT2D eigenvalue weighted by Crippen LogP contribution is -2.46. The average Bonchev–Trinajstić information content (AvgIpc) is 2.41. The number of ether oxygens (including phenoxy) is 1. The van der Waals surface area contributed by atoms with E-state index in [0.717, 1.165) is 30.9 Å². The standard InChI is InChI=1S/C16H25N3O2/c1-11-9-19(10-12(2)21-11)8-7-16(20)18-15-6-4-5-14(17)13(15)3/h4-6,11-12H,7-10,17H2,1-3H3,(H,18,20)/t11-,12+. The fourth-order valence-corrected chi connectivity index (χ4v) is 2.73. The number of nitrogens with two attached hydrogens (primary N) is 1. The number of nitrogen functional groups attached to an aromatic ring is 1. The van der Waals surface area contributed by atoms with E-state index in [-0.39, 0.29) is 18.1 Å². The Balaban J connectivity index is 1.83. The number of hydrogen-bond acceptors (Lipinski definition) is 4. The Bertz CT molecular complexity index is 494. The summed E-state index contributed by atoms with van der Waals surface area (Å²) >= 11 is 0. The molecule has 1 fully saturated rings. The largest absolute Gasteiger partial charge is 0.398 e. The molecule has 0 unspecified atom stereocenters. The summed E-state index contributed by atoms with van der Waals surface area (Å²) in [4.78, 5) is 14.4. The molecule has 0 radical (unpaired) electrons. The second-order valence-electron chi connectivity index (χ2n) is 5.83. The zero-order valence-electron chi connectivity index (χ0n) is 13.1. The lowest BCUT2D eigenvalue weighted by Gasteiger charge is -2.35. The molecule has 5 heteroatoms. The highest BCUT2D eigenvalue weighted by Crippen LogP contribution is 2.20. The van der Waals surface area contributed by atoms with E-state index < -0.39 is 0 Å². The summed E-state index contributed by atoms with van der Waals surface area (Å²) in [6.07, 6.45) is 0.939. The third kappa shape index (κ3) is 4.44. The van der Waals surface area contributed by atoms with E-state index in [2.05, 4.69) is 24.1 Å². The van der Waals surface area contributed by atoms with E-state index in [0.29, 0.717) is 12.1 Å². The number of benzene rings is 1. The van der Waals surface area contributed by atoms with Crippen LogP contribution < -0.4 is 11.1 Å². The number of nitrogens with zero attached hydrogens (tertiary/aromatic N) is 1. The molecule has 0 aliphatic carbocycles. The van der Waals surface area contributed by atoms with Crippen LogP contribution >= 0.6 is 0 Å². The van der Waals surface area contributed by atoms with Crippen LogP contribution in [0.2, 0.25) is 0 Å². The van der Waals surface area contributed by atoms with Gasteiger partial charge in [0.2, 0.25) is 5.91 Å². The zero-order valence-corrected chi connectivity index (χ0v) is 13.1. The van der Waals surface area contributed by atoms with Crippen molar-refractivity contribution in [3.63, 3.8) is 0 Å². The number of morpholine rings is 1. The van der Waals surface area contributed by atoms with Crippen molar-refractivity contribution in [2.45, 2.75) is 39.4 Å². The Kier molecular flexibility index (Phi) is 5.20. The van der Waals surface area contributed by atoms with Crippen molar-refractivity contribution in [3.05, 3.63) is 23.8 Å².